The maximum Gasteiger partial charge on any atom is 0.231 e. The molecular formula is C19H21NO5S. The predicted octanol–water partition coefficient (Wildman–Crippen LogP) is 2.98. The van der Waals surface area contributed by atoms with E-state index < -0.39 is 0 Å². The van der Waals surface area contributed by atoms with Gasteiger partial charge in [0.1, 0.15) is 0 Å². The zero-order valence-electron chi connectivity index (χ0n) is 14.7. The quantitative estimate of drug-likeness (QED) is 0.765. The van der Waals surface area contributed by atoms with Gasteiger partial charge in [-0.3, -0.25) is 4.79 Å². The Kier molecular flexibility index (Phi) is 6.12. The average Bonchev–Trinajstić information content (AvgIpc) is 3.14. The summed E-state index contributed by atoms with van der Waals surface area (Å²) in [6.45, 7) is 0.717. The normalized spacial score (nSPS) is 11.9. The second-order valence-electron chi connectivity index (χ2n) is 5.65. The number of ether oxygens (including phenoxy) is 4. The van der Waals surface area contributed by atoms with Crippen molar-refractivity contribution >= 4 is 17.7 Å². The van der Waals surface area contributed by atoms with Gasteiger partial charge < -0.3 is 24.3 Å². The van der Waals surface area contributed by atoms with Gasteiger partial charge in [0, 0.05) is 12.3 Å². The maximum atomic E-state index is 12.0. The second-order valence-corrected chi connectivity index (χ2v) is 6.63. The molecule has 1 aliphatic heterocycles. The van der Waals surface area contributed by atoms with Gasteiger partial charge in [0.25, 0.3) is 0 Å². The van der Waals surface area contributed by atoms with Crippen molar-refractivity contribution in [2.45, 2.75) is 12.3 Å². The molecule has 1 heterocycles. The first-order valence-electron chi connectivity index (χ1n) is 8.13. The molecule has 3 rings (SSSR count). The molecule has 7 heteroatoms. The number of carbonyl (C=O) groups excluding carboxylic acids is 1. The Bertz CT molecular complexity index is 781. The van der Waals surface area contributed by atoms with Crippen molar-refractivity contribution in [1.29, 1.82) is 0 Å². The monoisotopic (exact) mass is 375 g/mol. The van der Waals surface area contributed by atoms with E-state index in [-0.39, 0.29) is 12.7 Å². The SMILES string of the molecule is COc1ccc(CNC(=O)CSCc2ccc3c(c2)OCO3)cc1OC. The maximum absolute atomic E-state index is 12.0. The Balaban J connectivity index is 1.43. The smallest absolute Gasteiger partial charge is 0.231 e. The molecule has 2 aromatic carbocycles. The summed E-state index contributed by atoms with van der Waals surface area (Å²) in [5.74, 6) is 3.97. The van der Waals surface area contributed by atoms with Crippen LogP contribution in [-0.4, -0.2) is 32.7 Å². The third kappa shape index (κ3) is 4.54. The predicted molar refractivity (Wildman–Crippen MR) is 100 cm³/mol. The number of thioether (sulfide) groups is 1. The van der Waals surface area contributed by atoms with Gasteiger partial charge >= 0.3 is 0 Å². The Hall–Kier alpha value is -2.54. The van der Waals surface area contributed by atoms with Crippen LogP contribution in [0.2, 0.25) is 0 Å². The zero-order valence-corrected chi connectivity index (χ0v) is 15.6. The standard InChI is InChI=1S/C19H21NO5S/c1-22-15-5-3-13(7-17(15)23-2)9-20-19(21)11-26-10-14-4-6-16-18(8-14)25-12-24-16/h3-8H,9-12H2,1-2H3,(H,20,21). The molecule has 0 aliphatic carbocycles. The van der Waals surface area contributed by atoms with E-state index in [9.17, 15) is 4.79 Å². The number of nitrogens with one attached hydrogen (secondary N) is 1. The molecule has 0 fully saturated rings. The van der Waals surface area contributed by atoms with Crippen LogP contribution in [0.5, 0.6) is 23.0 Å². The molecule has 0 spiro atoms. The molecule has 0 bridgehead atoms. The Morgan fingerprint density at radius 3 is 2.62 bits per heavy atom. The van der Waals surface area contributed by atoms with E-state index in [4.69, 9.17) is 18.9 Å². The van der Waals surface area contributed by atoms with Crippen LogP contribution in [-0.2, 0) is 17.1 Å². The number of methoxy groups -OCH3 is 2. The summed E-state index contributed by atoms with van der Waals surface area (Å²) in [7, 11) is 3.18. The van der Waals surface area contributed by atoms with Crippen molar-refractivity contribution in [3.8, 4) is 23.0 Å². The first-order chi connectivity index (χ1) is 12.7. The van der Waals surface area contributed by atoms with Gasteiger partial charge in [-0.05, 0) is 35.4 Å². The number of carbonyl (C=O) groups is 1. The number of hydrogen-bond donors (Lipinski definition) is 1. The highest BCUT2D eigenvalue weighted by Gasteiger charge is 2.13. The van der Waals surface area contributed by atoms with Crippen molar-refractivity contribution in [3.63, 3.8) is 0 Å². The van der Waals surface area contributed by atoms with Gasteiger partial charge in [0.05, 0.1) is 20.0 Å². The number of rotatable bonds is 8. The fourth-order valence-electron chi connectivity index (χ4n) is 2.53. The van der Waals surface area contributed by atoms with Crippen molar-refractivity contribution in [2.75, 3.05) is 26.8 Å². The van der Waals surface area contributed by atoms with Crippen LogP contribution in [0.15, 0.2) is 36.4 Å². The van der Waals surface area contributed by atoms with Gasteiger partial charge in [-0.15, -0.1) is 11.8 Å². The molecule has 1 amide bonds. The van der Waals surface area contributed by atoms with Gasteiger partial charge in [-0.25, -0.2) is 0 Å². The lowest BCUT2D eigenvalue weighted by atomic mass is 10.2. The molecule has 0 radical (unpaired) electrons. The number of amides is 1. The van der Waals surface area contributed by atoms with E-state index in [1.807, 2.05) is 36.4 Å². The van der Waals surface area contributed by atoms with E-state index in [0.29, 0.717) is 23.8 Å². The van der Waals surface area contributed by atoms with Gasteiger partial charge in [0.15, 0.2) is 23.0 Å². The second kappa shape index (κ2) is 8.71. The largest absolute Gasteiger partial charge is 0.493 e. The van der Waals surface area contributed by atoms with Crippen LogP contribution in [0.4, 0.5) is 0 Å². The lowest BCUT2D eigenvalue weighted by molar-refractivity contribution is -0.118. The number of benzene rings is 2. The molecule has 138 valence electrons. The highest BCUT2D eigenvalue weighted by molar-refractivity contribution is 7.99. The van der Waals surface area contributed by atoms with Gasteiger partial charge in [-0.1, -0.05) is 12.1 Å². The summed E-state index contributed by atoms with van der Waals surface area (Å²) in [5.41, 5.74) is 2.06. The third-order valence-electron chi connectivity index (χ3n) is 3.88. The average molecular weight is 375 g/mol. The fourth-order valence-corrected chi connectivity index (χ4v) is 3.34. The Morgan fingerprint density at radius 2 is 1.81 bits per heavy atom. The molecule has 0 atom stereocenters. The first kappa shape index (κ1) is 18.3. The molecule has 1 aliphatic rings. The highest BCUT2D eigenvalue weighted by Crippen LogP contribution is 2.33. The Labute approximate surface area is 156 Å². The third-order valence-corrected chi connectivity index (χ3v) is 4.88. The summed E-state index contributed by atoms with van der Waals surface area (Å²) in [4.78, 5) is 12.0. The lowest BCUT2D eigenvalue weighted by Gasteiger charge is -2.10. The van der Waals surface area contributed by atoms with Crippen molar-refractivity contribution < 1.29 is 23.7 Å². The first-order valence-corrected chi connectivity index (χ1v) is 9.29. The number of fused-ring (bicyclic) bond motifs is 1. The summed E-state index contributed by atoms with van der Waals surface area (Å²) in [6.07, 6.45) is 0. The van der Waals surface area contributed by atoms with Gasteiger partial charge in [-0.2, -0.15) is 0 Å². The van der Waals surface area contributed by atoms with Gasteiger partial charge in [0.2, 0.25) is 12.7 Å². The van der Waals surface area contributed by atoms with E-state index in [0.717, 1.165) is 28.4 Å². The van der Waals surface area contributed by atoms with E-state index in [1.54, 1.807) is 26.0 Å². The van der Waals surface area contributed by atoms with E-state index >= 15 is 0 Å². The minimum absolute atomic E-state index is 0.00877. The van der Waals surface area contributed by atoms with Crippen LogP contribution < -0.4 is 24.3 Å². The minimum atomic E-state index is -0.00877. The van der Waals surface area contributed by atoms with Crippen LogP contribution in [0.3, 0.4) is 0 Å². The molecule has 0 saturated carbocycles. The molecular weight excluding hydrogens is 354 g/mol. The van der Waals surface area contributed by atoms with Crippen molar-refractivity contribution in [3.05, 3.63) is 47.5 Å². The summed E-state index contributed by atoms with van der Waals surface area (Å²) < 4.78 is 21.1. The topological polar surface area (TPSA) is 66.0 Å². The lowest BCUT2D eigenvalue weighted by Crippen LogP contribution is -2.24. The summed E-state index contributed by atoms with van der Waals surface area (Å²) >= 11 is 1.56. The van der Waals surface area contributed by atoms with Crippen LogP contribution in [0, 0.1) is 0 Å². The molecule has 2 aromatic rings. The van der Waals surface area contributed by atoms with Crippen LogP contribution >= 0.6 is 11.8 Å². The number of hydrogen-bond acceptors (Lipinski definition) is 6. The molecule has 0 saturated heterocycles. The van der Waals surface area contributed by atoms with E-state index in [2.05, 4.69) is 5.32 Å². The van der Waals surface area contributed by atoms with E-state index in [1.165, 1.54) is 0 Å². The zero-order chi connectivity index (χ0) is 18.4. The molecule has 6 nitrogen and oxygen atoms in total. The summed E-state index contributed by atoms with van der Waals surface area (Å²) in [6, 6.07) is 11.4. The van der Waals surface area contributed by atoms with Crippen molar-refractivity contribution in [2.24, 2.45) is 0 Å². The fraction of sp³-hybridized carbons (Fsp3) is 0.316. The van der Waals surface area contributed by atoms with Crippen molar-refractivity contribution in [1.82, 2.24) is 5.32 Å². The summed E-state index contributed by atoms with van der Waals surface area (Å²) in [5, 5.41) is 2.91. The van der Waals surface area contributed by atoms with Crippen LogP contribution in [0.1, 0.15) is 11.1 Å². The molecule has 1 N–H and O–H groups in total. The Morgan fingerprint density at radius 1 is 1.04 bits per heavy atom. The molecule has 0 unspecified atom stereocenters. The highest BCUT2D eigenvalue weighted by atomic mass is 32.2. The van der Waals surface area contributed by atoms with Crippen LogP contribution in [0.25, 0.3) is 0 Å². The molecule has 26 heavy (non-hydrogen) atoms. The molecule has 0 aromatic heterocycles. The minimum Gasteiger partial charge on any atom is -0.493 e.